The molecule has 0 aromatic carbocycles. The number of amides is 1. The first-order chi connectivity index (χ1) is 10.1. The minimum atomic E-state index is -0.450. The molecule has 114 valence electrons. The second-order valence-corrected chi connectivity index (χ2v) is 5.59. The standard InChI is InChI=1S/C15H20N2O4/c1-4-21-15(19)11-8-16-9(2)7-17(10-5-6-10)14(18)12(16)13(11)20-3/h8-10H,4-7H2,1-3H3. The average molecular weight is 292 g/mol. The Morgan fingerprint density at radius 3 is 2.71 bits per heavy atom. The fourth-order valence-electron chi connectivity index (χ4n) is 2.92. The van der Waals surface area contributed by atoms with E-state index in [1.165, 1.54) is 7.11 Å². The van der Waals surface area contributed by atoms with Crippen LogP contribution >= 0.6 is 0 Å². The van der Waals surface area contributed by atoms with Crippen LogP contribution in [-0.2, 0) is 4.74 Å². The van der Waals surface area contributed by atoms with Crippen LogP contribution in [-0.4, -0.2) is 47.6 Å². The third kappa shape index (κ3) is 2.18. The quantitative estimate of drug-likeness (QED) is 0.795. The summed E-state index contributed by atoms with van der Waals surface area (Å²) in [6.45, 7) is 4.76. The fraction of sp³-hybridized carbons (Fsp3) is 0.600. The van der Waals surface area contributed by atoms with Crippen molar-refractivity contribution in [2.24, 2.45) is 0 Å². The van der Waals surface area contributed by atoms with Crippen LogP contribution < -0.4 is 4.74 Å². The summed E-state index contributed by atoms with van der Waals surface area (Å²) in [6, 6.07) is 0.467. The maximum Gasteiger partial charge on any atom is 0.343 e. The summed E-state index contributed by atoms with van der Waals surface area (Å²) in [5.41, 5.74) is 0.790. The average Bonchev–Trinajstić information content (AvgIpc) is 3.21. The van der Waals surface area contributed by atoms with Crippen LogP contribution in [0.25, 0.3) is 0 Å². The molecule has 1 saturated carbocycles. The Morgan fingerprint density at radius 2 is 2.14 bits per heavy atom. The molecule has 0 radical (unpaired) electrons. The highest BCUT2D eigenvalue weighted by atomic mass is 16.5. The van der Waals surface area contributed by atoms with Gasteiger partial charge in [-0.1, -0.05) is 0 Å². The van der Waals surface area contributed by atoms with Crippen LogP contribution in [0.1, 0.15) is 53.6 Å². The summed E-state index contributed by atoms with van der Waals surface area (Å²) in [5, 5.41) is 0. The first-order valence-corrected chi connectivity index (χ1v) is 7.35. The molecule has 1 aliphatic carbocycles. The summed E-state index contributed by atoms with van der Waals surface area (Å²) >= 11 is 0. The molecule has 1 aliphatic heterocycles. The lowest BCUT2D eigenvalue weighted by molar-refractivity contribution is 0.0522. The van der Waals surface area contributed by atoms with Crippen LogP contribution in [0.15, 0.2) is 6.20 Å². The molecule has 1 aromatic rings. The van der Waals surface area contributed by atoms with E-state index in [-0.39, 0.29) is 11.9 Å². The third-order valence-corrected chi connectivity index (χ3v) is 4.07. The highest BCUT2D eigenvalue weighted by Gasteiger charge is 2.41. The number of carbonyl (C=O) groups is 2. The van der Waals surface area contributed by atoms with Crippen LogP contribution in [0, 0.1) is 0 Å². The molecule has 1 amide bonds. The van der Waals surface area contributed by atoms with E-state index in [0.29, 0.717) is 36.2 Å². The predicted molar refractivity (Wildman–Crippen MR) is 75.7 cm³/mol. The third-order valence-electron chi connectivity index (χ3n) is 4.07. The van der Waals surface area contributed by atoms with Gasteiger partial charge in [-0.25, -0.2) is 4.79 Å². The molecule has 6 nitrogen and oxygen atoms in total. The molecule has 0 saturated heterocycles. The number of hydrogen-bond acceptors (Lipinski definition) is 4. The van der Waals surface area contributed by atoms with Gasteiger partial charge in [0, 0.05) is 24.8 Å². The largest absolute Gasteiger partial charge is 0.493 e. The maximum atomic E-state index is 12.7. The van der Waals surface area contributed by atoms with Crippen molar-refractivity contribution in [1.82, 2.24) is 9.47 Å². The van der Waals surface area contributed by atoms with E-state index < -0.39 is 5.97 Å². The van der Waals surface area contributed by atoms with Gasteiger partial charge in [-0.05, 0) is 26.7 Å². The van der Waals surface area contributed by atoms with Gasteiger partial charge in [0.1, 0.15) is 5.56 Å². The van der Waals surface area contributed by atoms with Gasteiger partial charge in [-0.2, -0.15) is 0 Å². The lowest BCUT2D eigenvalue weighted by Gasteiger charge is -2.33. The van der Waals surface area contributed by atoms with E-state index >= 15 is 0 Å². The summed E-state index contributed by atoms with van der Waals surface area (Å²) in [7, 11) is 1.48. The molecule has 1 unspecified atom stereocenters. The number of aromatic nitrogens is 1. The second-order valence-electron chi connectivity index (χ2n) is 5.59. The molecule has 3 rings (SSSR count). The molecule has 0 bridgehead atoms. The normalized spacial score (nSPS) is 21.2. The number of fused-ring (bicyclic) bond motifs is 1. The first kappa shape index (κ1) is 14.0. The lowest BCUT2D eigenvalue weighted by Crippen LogP contribution is -2.43. The molecule has 21 heavy (non-hydrogen) atoms. The number of methoxy groups -OCH3 is 1. The summed E-state index contributed by atoms with van der Waals surface area (Å²) < 4.78 is 12.2. The van der Waals surface area contributed by atoms with Crippen molar-refractivity contribution in [2.45, 2.75) is 38.8 Å². The van der Waals surface area contributed by atoms with Crippen molar-refractivity contribution in [2.75, 3.05) is 20.3 Å². The van der Waals surface area contributed by atoms with Crippen LogP contribution in [0.3, 0.4) is 0 Å². The Balaban J connectivity index is 2.05. The second kappa shape index (κ2) is 5.09. The molecule has 0 N–H and O–H groups in total. The Kier molecular flexibility index (Phi) is 3.39. The molecule has 1 fully saturated rings. The maximum absolute atomic E-state index is 12.7. The van der Waals surface area contributed by atoms with Crippen molar-refractivity contribution in [1.29, 1.82) is 0 Å². The molecule has 2 heterocycles. The monoisotopic (exact) mass is 292 g/mol. The Morgan fingerprint density at radius 1 is 1.43 bits per heavy atom. The van der Waals surface area contributed by atoms with Crippen LogP contribution in [0.5, 0.6) is 5.75 Å². The molecular weight excluding hydrogens is 272 g/mol. The Hall–Kier alpha value is -1.98. The topological polar surface area (TPSA) is 60.8 Å². The van der Waals surface area contributed by atoms with Gasteiger partial charge in [0.25, 0.3) is 5.91 Å². The summed E-state index contributed by atoms with van der Waals surface area (Å²) in [5.74, 6) is -0.173. The Bertz CT molecular complexity index is 589. The minimum Gasteiger partial charge on any atom is -0.493 e. The van der Waals surface area contributed by atoms with E-state index in [1.54, 1.807) is 13.1 Å². The smallest absolute Gasteiger partial charge is 0.343 e. The number of rotatable bonds is 4. The van der Waals surface area contributed by atoms with Crippen molar-refractivity contribution in [3.8, 4) is 5.75 Å². The number of carbonyl (C=O) groups excluding carboxylic acids is 2. The first-order valence-electron chi connectivity index (χ1n) is 7.35. The van der Waals surface area contributed by atoms with E-state index in [2.05, 4.69) is 0 Å². The minimum absolute atomic E-state index is 0.0528. The van der Waals surface area contributed by atoms with Gasteiger partial charge >= 0.3 is 5.97 Å². The van der Waals surface area contributed by atoms with Crippen molar-refractivity contribution >= 4 is 11.9 Å². The zero-order valence-corrected chi connectivity index (χ0v) is 12.6. The van der Waals surface area contributed by atoms with Gasteiger partial charge in [-0.3, -0.25) is 4.79 Å². The van der Waals surface area contributed by atoms with Crippen molar-refractivity contribution in [3.05, 3.63) is 17.5 Å². The number of ether oxygens (including phenoxy) is 2. The van der Waals surface area contributed by atoms with E-state index in [9.17, 15) is 9.59 Å². The van der Waals surface area contributed by atoms with Crippen LogP contribution in [0.4, 0.5) is 0 Å². The lowest BCUT2D eigenvalue weighted by atomic mass is 10.2. The summed E-state index contributed by atoms with van der Waals surface area (Å²) in [4.78, 5) is 26.6. The zero-order valence-electron chi connectivity index (χ0n) is 12.6. The van der Waals surface area contributed by atoms with Gasteiger partial charge in [0.2, 0.25) is 0 Å². The van der Waals surface area contributed by atoms with Gasteiger partial charge in [-0.15, -0.1) is 0 Å². The van der Waals surface area contributed by atoms with Crippen LogP contribution in [0.2, 0.25) is 0 Å². The molecule has 2 aliphatic rings. The number of hydrogen-bond donors (Lipinski definition) is 0. The molecule has 1 aromatic heterocycles. The molecule has 0 spiro atoms. The highest BCUT2D eigenvalue weighted by molar-refractivity contribution is 6.02. The van der Waals surface area contributed by atoms with E-state index in [4.69, 9.17) is 9.47 Å². The summed E-state index contributed by atoms with van der Waals surface area (Å²) in [6.07, 6.45) is 3.80. The van der Waals surface area contributed by atoms with E-state index in [1.807, 2.05) is 16.4 Å². The number of nitrogens with zero attached hydrogens (tertiary/aromatic N) is 2. The molecule has 1 atom stereocenters. The van der Waals surface area contributed by atoms with Gasteiger partial charge in [0.05, 0.1) is 13.7 Å². The molecular formula is C15H20N2O4. The predicted octanol–water partition coefficient (Wildman–Crippen LogP) is 1.85. The van der Waals surface area contributed by atoms with Gasteiger partial charge in [0.15, 0.2) is 11.4 Å². The highest BCUT2D eigenvalue weighted by Crippen LogP contribution is 2.38. The van der Waals surface area contributed by atoms with Crippen molar-refractivity contribution in [3.63, 3.8) is 0 Å². The molecule has 6 heteroatoms. The van der Waals surface area contributed by atoms with Crippen molar-refractivity contribution < 1.29 is 19.1 Å². The van der Waals surface area contributed by atoms with E-state index in [0.717, 1.165) is 12.8 Å². The number of esters is 1. The zero-order chi connectivity index (χ0) is 15.1. The Labute approximate surface area is 123 Å². The SMILES string of the molecule is CCOC(=O)c1cn2c(c1OC)C(=O)N(C1CC1)CC2C. The fourth-order valence-corrected chi connectivity index (χ4v) is 2.92. The van der Waals surface area contributed by atoms with Gasteiger partial charge < -0.3 is 18.9 Å².